The van der Waals surface area contributed by atoms with Gasteiger partial charge in [-0.15, -0.1) is 0 Å². The molecule has 3 heterocycles. The van der Waals surface area contributed by atoms with Gasteiger partial charge in [-0.2, -0.15) is 13.2 Å². The normalized spacial score (nSPS) is 22.5. The number of aromatic nitrogens is 1. The summed E-state index contributed by atoms with van der Waals surface area (Å²) in [6.07, 6.45) is -4.50. The molecule has 2 aliphatic heterocycles. The van der Waals surface area contributed by atoms with Crippen LogP contribution in [-0.4, -0.2) is 59.0 Å². The third-order valence-electron chi connectivity index (χ3n) is 7.23. The number of aryl methyl sites for hydroxylation is 1. The molecule has 0 bridgehead atoms. The molecule has 9 heteroatoms. The minimum absolute atomic E-state index is 0.0896. The van der Waals surface area contributed by atoms with Crippen LogP contribution < -0.4 is 0 Å². The number of likely N-dealkylation sites (tertiary alicyclic amines) is 1. The molecule has 178 valence electrons. The minimum Gasteiger partial charge on any atom is -0.467 e. The Labute approximate surface area is 194 Å². The van der Waals surface area contributed by atoms with E-state index < -0.39 is 29.2 Å². The van der Waals surface area contributed by atoms with E-state index in [1.165, 1.54) is 24.1 Å². The zero-order valence-corrected chi connectivity index (χ0v) is 19.0. The number of benzene rings is 2. The molecule has 1 amide bonds. The summed E-state index contributed by atoms with van der Waals surface area (Å²) in [5, 5.41) is 1.02. The number of methoxy groups -OCH3 is 1. The van der Waals surface area contributed by atoms with E-state index in [4.69, 9.17) is 4.74 Å². The number of ether oxygens (including phenoxy) is 1. The summed E-state index contributed by atoms with van der Waals surface area (Å²) in [5.74, 6) is -1.38. The first-order valence-corrected chi connectivity index (χ1v) is 10.9. The van der Waals surface area contributed by atoms with Gasteiger partial charge in [-0.25, -0.2) is 4.79 Å². The highest BCUT2D eigenvalue weighted by Gasteiger charge is 2.61. The summed E-state index contributed by atoms with van der Waals surface area (Å²) >= 11 is 0. The average Bonchev–Trinajstić information content (AvgIpc) is 3.32. The van der Waals surface area contributed by atoms with Crippen molar-refractivity contribution in [2.45, 2.75) is 24.2 Å². The summed E-state index contributed by atoms with van der Waals surface area (Å²) in [6.45, 7) is 0.937. The van der Waals surface area contributed by atoms with Gasteiger partial charge < -0.3 is 19.1 Å². The van der Waals surface area contributed by atoms with Crippen LogP contribution in [0.4, 0.5) is 13.2 Å². The zero-order valence-electron chi connectivity index (χ0n) is 19.0. The lowest BCUT2D eigenvalue weighted by Crippen LogP contribution is -2.63. The monoisotopic (exact) mass is 471 g/mol. The molecule has 5 rings (SSSR count). The van der Waals surface area contributed by atoms with Crippen molar-refractivity contribution in [2.75, 3.05) is 27.2 Å². The number of halogens is 3. The van der Waals surface area contributed by atoms with Crippen molar-refractivity contribution in [3.8, 4) is 0 Å². The van der Waals surface area contributed by atoms with Crippen molar-refractivity contribution in [3.63, 3.8) is 0 Å². The predicted octanol–water partition coefficient (Wildman–Crippen LogP) is 3.79. The van der Waals surface area contributed by atoms with Gasteiger partial charge in [0, 0.05) is 48.2 Å². The quantitative estimate of drug-likeness (QED) is 0.534. The van der Waals surface area contributed by atoms with Crippen LogP contribution in [0.3, 0.4) is 0 Å². The molecule has 0 aliphatic carbocycles. The van der Waals surface area contributed by atoms with Crippen molar-refractivity contribution >= 4 is 22.8 Å². The van der Waals surface area contributed by atoms with Gasteiger partial charge in [-0.1, -0.05) is 18.2 Å². The summed E-state index contributed by atoms with van der Waals surface area (Å²) < 4.78 is 46.4. The number of esters is 1. The summed E-state index contributed by atoms with van der Waals surface area (Å²) in [7, 11) is 5.10. The molecule has 0 spiro atoms. The minimum atomic E-state index is -4.50. The molecule has 2 aromatic carbocycles. The molecule has 2 aliphatic rings. The molecular formula is C25H24F3N3O3. The Hall–Kier alpha value is -3.33. The summed E-state index contributed by atoms with van der Waals surface area (Å²) in [4.78, 5) is 30.7. The number of hydrogen-bond acceptors (Lipinski definition) is 4. The Bertz CT molecular complexity index is 1300. The average molecular weight is 471 g/mol. The lowest BCUT2D eigenvalue weighted by Gasteiger charge is -2.46. The molecule has 3 aromatic rings. The second-order valence-corrected chi connectivity index (χ2v) is 9.07. The molecule has 0 saturated carbocycles. The van der Waals surface area contributed by atoms with Gasteiger partial charge in [0.25, 0.3) is 5.91 Å². The van der Waals surface area contributed by atoms with E-state index in [0.717, 1.165) is 34.3 Å². The second kappa shape index (κ2) is 7.59. The third-order valence-corrected chi connectivity index (χ3v) is 7.23. The van der Waals surface area contributed by atoms with Gasteiger partial charge in [0.05, 0.1) is 19.2 Å². The number of likely N-dealkylation sites (N-methyl/N-ethyl adjacent to an activating group) is 1. The highest BCUT2D eigenvalue weighted by molar-refractivity contribution is 6.00. The van der Waals surface area contributed by atoms with Crippen LogP contribution in [0, 0.1) is 0 Å². The van der Waals surface area contributed by atoms with E-state index in [2.05, 4.69) is 0 Å². The number of rotatable bonds is 2. The first kappa shape index (κ1) is 22.5. The maximum absolute atomic E-state index is 13.8. The molecule has 1 fully saturated rings. The fourth-order valence-electron chi connectivity index (χ4n) is 5.70. The highest BCUT2D eigenvalue weighted by atomic mass is 19.4. The Balaban J connectivity index is 1.69. The Morgan fingerprint density at radius 2 is 1.74 bits per heavy atom. The number of carbonyl (C=O) groups is 2. The van der Waals surface area contributed by atoms with Crippen molar-refractivity contribution in [1.82, 2.24) is 14.4 Å². The van der Waals surface area contributed by atoms with Crippen LogP contribution in [0.5, 0.6) is 0 Å². The van der Waals surface area contributed by atoms with Gasteiger partial charge in [-0.3, -0.25) is 4.79 Å². The van der Waals surface area contributed by atoms with Crippen LogP contribution in [-0.2, 0) is 29.3 Å². The number of nitrogens with zero attached hydrogens (tertiary/aromatic N) is 3. The van der Waals surface area contributed by atoms with E-state index in [0.29, 0.717) is 6.54 Å². The largest absolute Gasteiger partial charge is 0.467 e. The van der Waals surface area contributed by atoms with Crippen LogP contribution in [0.25, 0.3) is 10.9 Å². The molecule has 1 aromatic heterocycles. The highest BCUT2D eigenvalue weighted by Crippen LogP contribution is 2.50. The maximum Gasteiger partial charge on any atom is 0.416 e. The lowest BCUT2D eigenvalue weighted by atomic mass is 9.75. The molecule has 0 radical (unpaired) electrons. The topological polar surface area (TPSA) is 54.8 Å². The van der Waals surface area contributed by atoms with Crippen LogP contribution in [0.2, 0.25) is 0 Å². The molecule has 34 heavy (non-hydrogen) atoms. The van der Waals surface area contributed by atoms with E-state index in [1.54, 1.807) is 0 Å². The smallest absolute Gasteiger partial charge is 0.416 e. The lowest BCUT2D eigenvalue weighted by molar-refractivity contribution is -0.155. The van der Waals surface area contributed by atoms with Crippen LogP contribution >= 0.6 is 0 Å². The number of carbonyl (C=O) groups excluding carboxylic acids is 2. The van der Waals surface area contributed by atoms with E-state index >= 15 is 0 Å². The first-order chi connectivity index (χ1) is 16.1. The van der Waals surface area contributed by atoms with E-state index in [9.17, 15) is 22.8 Å². The van der Waals surface area contributed by atoms with Crippen LogP contribution in [0.15, 0.2) is 48.5 Å². The van der Waals surface area contributed by atoms with Gasteiger partial charge in [0.1, 0.15) is 0 Å². The predicted molar refractivity (Wildman–Crippen MR) is 119 cm³/mol. The third kappa shape index (κ3) is 3.06. The summed E-state index contributed by atoms with van der Waals surface area (Å²) in [6, 6.07) is 12.0. The Morgan fingerprint density at radius 1 is 1.06 bits per heavy atom. The van der Waals surface area contributed by atoms with Crippen molar-refractivity contribution in [2.24, 2.45) is 7.05 Å². The van der Waals surface area contributed by atoms with Crippen molar-refractivity contribution in [1.29, 1.82) is 0 Å². The molecule has 1 saturated heterocycles. The number of fused-ring (bicyclic) bond motifs is 5. The van der Waals surface area contributed by atoms with Crippen molar-refractivity contribution < 1.29 is 27.5 Å². The molecule has 0 unspecified atom stereocenters. The number of para-hydroxylation sites is 1. The van der Waals surface area contributed by atoms with Gasteiger partial charge in [0.15, 0.2) is 5.54 Å². The SMILES string of the molecule is COC(=O)[C@]12CN(C)C[C@H]1c1c(n(C)c3ccccc13)CN2C(=O)c1ccc(C(F)(F)F)cc1. The number of alkyl halides is 3. The molecule has 2 atom stereocenters. The number of amides is 1. The second-order valence-electron chi connectivity index (χ2n) is 9.07. The molecular weight excluding hydrogens is 447 g/mol. The Morgan fingerprint density at radius 3 is 2.38 bits per heavy atom. The zero-order chi connectivity index (χ0) is 24.4. The Kier molecular flexibility index (Phi) is 5.02. The van der Waals surface area contributed by atoms with E-state index in [-0.39, 0.29) is 24.6 Å². The van der Waals surface area contributed by atoms with Gasteiger partial charge >= 0.3 is 12.1 Å². The fourth-order valence-corrected chi connectivity index (χ4v) is 5.70. The maximum atomic E-state index is 13.8. The van der Waals surface area contributed by atoms with E-state index in [1.807, 2.05) is 47.8 Å². The first-order valence-electron chi connectivity index (χ1n) is 10.9. The van der Waals surface area contributed by atoms with Crippen molar-refractivity contribution in [3.05, 3.63) is 70.9 Å². The van der Waals surface area contributed by atoms with Crippen LogP contribution in [0.1, 0.15) is 33.1 Å². The molecule has 6 nitrogen and oxygen atoms in total. The molecule has 0 N–H and O–H groups in total. The fraction of sp³-hybridized carbons (Fsp3) is 0.360. The summed E-state index contributed by atoms with van der Waals surface area (Å²) in [5.41, 5.74) is 0.877. The number of hydrogen-bond donors (Lipinski definition) is 0. The van der Waals surface area contributed by atoms with Gasteiger partial charge in [0.2, 0.25) is 0 Å². The van der Waals surface area contributed by atoms with Gasteiger partial charge in [-0.05, 0) is 42.9 Å². The standard InChI is InChI=1S/C25H24F3N3O3/c1-29-12-18-21-17-6-4-5-7-19(17)30(2)20(21)13-31(24(18,14-29)23(33)34-3)22(32)15-8-10-16(11-9-15)25(26,27)28/h4-11,18H,12-14H2,1-3H3/t18-,24-/m0/s1.